The number of ether oxygens (including phenoxy) is 1. The molecule has 0 fully saturated rings. The highest BCUT2D eigenvalue weighted by molar-refractivity contribution is 7.80. The number of methoxy groups -OCH3 is 1. The van der Waals surface area contributed by atoms with Crippen LogP contribution in [-0.2, 0) is 0 Å². The fraction of sp³-hybridized carbons (Fsp3) is 0.0714. The molecule has 2 aromatic carbocycles. The molecule has 0 heterocycles. The minimum atomic E-state index is 0.523. The molecule has 0 atom stereocenters. The number of hydrogen-bond acceptors (Lipinski definition) is 3. The molecule has 0 unspecified atom stereocenters. The second-order valence-electron chi connectivity index (χ2n) is 3.93. The summed E-state index contributed by atoms with van der Waals surface area (Å²) in [7, 11) is 1.63. The number of thiocarbonyl (C=S) groups is 1. The van der Waals surface area contributed by atoms with Crippen LogP contribution in [-0.4, -0.2) is 12.2 Å². The number of nitrogen functional groups attached to an aromatic ring is 1. The van der Waals surface area contributed by atoms with E-state index in [9.17, 15) is 0 Å². The molecule has 4 nitrogen and oxygen atoms in total. The summed E-state index contributed by atoms with van der Waals surface area (Å²) in [4.78, 5) is 0. The molecule has 0 aromatic heterocycles. The van der Waals surface area contributed by atoms with Crippen LogP contribution in [0.3, 0.4) is 0 Å². The Kier molecular flexibility index (Phi) is 4.20. The quantitative estimate of drug-likeness (QED) is 0.592. The predicted octanol–water partition coefficient (Wildman–Crippen LogP) is 3.09. The van der Waals surface area contributed by atoms with Crippen LogP contribution >= 0.6 is 12.2 Å². The van der Waals surface area contributed by atoms with Gasteiger partial charge in [0.05, 0.1) is 7.11 Å². The molecule has 0 saturated heterocycles. The van der Waals surface area contributed by atoms with E-state index >= 15 is 0 Å². The molecule has 98 valence electrons. The lowest BCUT2D eigenvalue weighted by atomic mass is 10.3. The van der Waals surface area contributed by atoms with Crippen molar-refractivity contribution in [1.82, 2.24) is 0 Å². The van der Waals surface area contributed by atoms with Crippen molar-refractivity contribution < 1.29 is 4.74 Å². The van der Waals surface area contributed by atoms with Gasteiger partial charge in [-0.2, -0.15) is 0 Å². The molecule has 4 N–H and O–H groups in total. The molecule has 0 aliphatic rings. The molecule has 0 aliphatic carbocycles. The highest BCUT2D eigenvalue weighted by Crippen LogP contribution is 2.16. The zero-order valence-corrected chi connectivity index (χ0v) is 11.3. The Labute approximate surface area is 117 Å². The minimum Gasteiger partial charge on any atom is -0.497 e. The topological polar surface area (TPSA) is 59.3 Å². The highest BCUT2D eigenvalue weighted by atomic mass is 32.1. The monoisotopic (exact) mass is 273 g/mol. The lowest BCUT2D eigenvalue weighted by molar-refractivity contribution is 0.415. The van der Waals surface area contributed by atoms with Gasteiger partial charge < -0.3 is 21.1 Å². The molecule has 0 bridgehead atoms. The first-order valence-electron chi connectivity index (χ1n) is 5.75. The summed E-state index contributed by atoms with van der Waals surface area (Å²) in [5, 5.41) is 6.69. The van der Waals surface area contributed by atoms with Gasteiger partial charge in [0.15, 0.2) is 5.11 Å². The second kappa shape index (κ2) is 6.06. The maximum absolute atomic E-state index is 5.62. The Morgan fingerprint density at radius 1 is 0.947 bits per heavy atom. The van der Waals surface area contributed by atoms with E-state index in [4.69, 9.17) is 22.7 Å². The Morgan fingerprint density at radius 3 is 1.89 bits per heavy atom. The van der Waals surface area contributed by atoms with Crippen LogP contribution in [0.2, 0.25) is 0 Å². The molecule has 0 amide bonds. The van der Waals surface area contributed by atoms with E-state index in [1.807, 2.05) is 48.5 Å². The zero-order valence-electron chi connectivity index (χ0n) is 10.5. The molecule has 19 heavy (non-hydrogen) atoms. The maximum atomic E-state index is 5.62. The van der Waals surface area contributed by atoms with Crippen LogP contribution in [0, 0.1) is 0 Å². The molecule has 0 saturated carbocycles. The van der Waals surface area contributed by atoms with Gasteiger partial charge >= 0.3 is 0 Å². The van der Waals surface area contributed by atoms with E-state index in [1.165, 1.54) is 0 Å². The summed E-state index contributed by atoms with van der Waals surface area (Å²) in [6.07, 6.45) is 0. The van der Waals surface area contributed by atoms with Crippen LogP contribution in [0.25, 0.3) is 0 Å². The number of nitrogens with two attached hydrogens (primary N) is 1. The second-order valence-corrected chi connectivity index (χ2v) is 4.34. The highest BCUT2D eigenvalue weighted by Gasteiger charge is 1.99. The number of hydrogen-bond donors (Lipinski definition) is 3. The third kappa shape index (κ3) is 3.86. The van der Waals surface area contributed by atoms with Gasteiger partial charge in [0.1, 0.15) is 5.75 Å². The smallest absolute Gasteiger partial charge is 0.175 e. The van der Waals surface area contributed by atoms with Crippen molar-refractivity contribution in [3.63, 3.8) is 0 Å². The van der Waals surface area contributed by atoms with E-state index in [0.29, 0.717) is 5.11 Å². The van der Waals surface area contributed by atoms with Crippen LogP contribution in [0.15, 0.2) is 48.5 Å². The Balaban J connectivity index is 1.95. The summed E-state index contributed by atoms with van der Waals surface area (Å²) in [5.74, 6) is 0.808. The third-order valence-corrected chi connectivity index (χ3v) is 2.72. The van der Waals surface area contributed by atoms with Gasteiger partial charge in [0, 0.05) is 17.1 Å². The van der Waals surface area contributed by atoms with Crippen molar-refractivity contribution >= 4 is 34.4 Å². The van der Waals surface area contributed by atoms with Gasteiger partial charge in [-0.15, -0.1) is 0 Å². The lowest BCUT2D eigenvalue weighted by Gasteiger charge is -2.11. The van der Waals surface area contributed by atoms with Gasteiger partial charge in [-0.05, 0) is 60.7 Å². The lowest BCUT2D eigenvalue weighted by Crippen LogP contribution is -2.18. The van der Waals surface area contributed by atoms with E-state index in [0.717, 1.165) is 22.8 Å². The van der Waals surface area contributed by atoms with E-state index in [-0.39, 0.29) is 0 Å². The third-order valence-electron chi connectivity index (χ3n) is 2.52. The number of benzene rings is 2. The molecular weight excluding hydrogens is 258 g/mol. The van der Waals surface area contributed by atoms with Gasteiger partial charge in [0.25, 0.3) is 0 Å². The normalized spacial score (nSPS) is 9.74. The summed E-state index contributed by atoms with van der Waals surface area (Å²) in [6, 6.07) is 14.9. The molecule has 0 spiro atoms. The predicted molar refractivity (Wildman–Crippen MR) is 83.7 cm³/mol. The molecular formula is C14H15N3OS. The van der Waals surface area contributed by atoms with Crippen molar-refractivity contribution in [2.75, 3.05) is 23.5 Å². The van der Waals surface area contributed by atoms with Crippen LogP contribution in [0.1, 0.15) is 0 Å². The first kappa shape index (κ1) is 13.2. The van der Waals surface area contributed by atoms with Crippen molar-refractivity contribution in [3.8, 4) is 5.75 Å². The summed E-state index contributed by atoms with van der Waals surface area (Å²) in [6.45, 7) is 0. The zero-order chi connectivity index (χ0) is 13.7. The summed E-state index contributed by atoms with van der Waals surface area (Å²) < 4.78 is 5.09. The first-order valence-corrected chi connectivity index (χ1v) is 6.16. The summed E-state index contributed by atoms with van der Waals surface area (Å²) in [5.41, 5.74) is 8.13. The van der Waals surface area contributed by atoms with E-state index in [1.54, 1.807) is 7.11 Å². The van der Waals surface area contributed by atoms with Crippen molar-refractivity contribution in [1.29, 1.82) is 0 Å². The van der Waals surface area contributed by atoms with Crippen molar-refractivity contribution in [3.05, 3.63) is 48.5 Å². The van der Waals surface area contributed by atoms with Gasteiger partial charge in [-0.3, -0.25) is 0 Å². The van der Waals surface area contributed by atoms with Gasteiger partial charge in [-0.25, -0.2) is 0 Å². The van der Waals surface area contributed by atoms with Crippen LogP contribution < -0.4 is 21.1 Å². The molecule has 0 aliphatic heterocycles. The molecule has 5 heteroatoms. The standard InChI is InChI=1S/C14H15N3OS/c1-18-13-8-6-12(7-9-13)17-14(19)16-11-4-2-10(15)3-5-11/h2-9H,15H2,1H3,(H2,16,17,19). The Hall–Kier alpha value is -2.27. The average molecular weight is 273 g/mol. The number of rotatable bonds is 3. The van der Waals surface area contributed by atoms with E-state index < -0.39 is 0 Å². The van der Waals surface area contributed by atoms with Gasteiger partial charge in [0.2, 0.25) is 0 Å². The summed E-state index contributed by atoms with van der Waals surface area (Å²) >= 11 is 5.23. The van der Waals surface area contributed by atoms with Crippen LogP contribution in [0.4, 0.5) is 17.1 Å². The van der Waals surface area contributed by atoms with Crippen molar-refractivity contribution in [2.45, 2.75) is 0 Å². The molecule has 0 radical (unpaired) electrons. The fourth-order valence-corrected chi connectivity index (χ4v) is 1.77. The van der Waals surface area contributed by atoms with Crippen molar-refractivity contribution in [2.24, 2.45) is 0 Å². The Morgan fingerprint density at radius 2 is 1.42 bits per heavy atom. The fourth-order valence-electron chi connectivity index (χ4n) is 1.53. The molecule has 2 aromatic rings. The Bertz CT molecular complexity index is 552. The van der Waals surface area contributed by atoms with Gasteiger partial charge in [-0.1, -0.05) is 0 Å². The minimum absolute atomic E-state index is 0.523. The van der Waals surface area contributed by atoms with Crippen LogP contribution in [0.5, 0.6) is 5.75 Å². The SMILES string of the molecule is COc1ccc(NC(=S)Nc2ccc(N)cc2)cc1. The number of nitrogens with one attached hydrogen (secondary N) is 2. The largest absolute Gasteiger partial charge is 0.497 e. The average Bonchev–Trinajstić information content (AvgIpc) is 2.42. The first-order chi connectivity index (χ1) is 9.17. The number of anilines is 3. The molecule has 2 rings (SSSR count). The maximum Gasteiger partial charge on any atom is 0.175 e. The van der Waals surface area contributed by atoms with E-state index in [2.05, 4.69) is 10.6 Å².